The molecule has 0 atom stereocenters. The Bertz CT molecular complexity index is 992. The first-order valence-electron chi connectivity index (χ1n) is 7.52. The van der Waals surface area contributed by atoms with Crippen LogP contribution in [0, 0.1) is 5.82 Å². The number of amides is 1. The van der Waals surface area contributed by atoms with Crippen molar-refractivity contribution in [1.82, 2.24) is 0 Å². The van der Waals surface area contributed by atoms with Gasteiger partial charge in [-0.05, 0) is 30.3 Å². The van der Waals surface area contributed by atoms with Crippen LogP contribution in [0.4, 0.5) is 33.7 Å². The summed E-state index contributed by atoms with van der Waals surface area (Å²) in [7, 11) is -4.48. The Kier molecular flexibility index (Phi) is 4.72. The number of nitrogens with zero attached hydrogens (tertiary/aromatic N) is 1. The SMILES string of the molecule is O=C1OCCN1c1ccccc1NS(=O)(=O)c1ccc(F)c(C(F)(F)F)c1. The third-order valence-electron chi connectivity index (χ3n) is 3.75. The molecule has 2 aromatic rings. The summed E-state index contributed by atoms with van der Waals surface area (Å²) in [6.07, 6.45) is -5.73. The zero-order valence-corrected chi connectivity index (χ0v) is 14.3. The van der Waals surface area contributed by atoms with E-state index in [9.17, 15) is 30.8 Å². The number of alkyl halides is 3. The van der Waals surface area contributed by atoms with Crippen molar-refractivity contribution in [3.63, 3.8) is 0 Å². The van der Waals surface area contributed by atoms with Crippen molar-refractivity contribution in [1.29, 1.82) is 0 Å². The number of hydrogen-bond donors (Lipinski definition) is 1. The average molecular weight is 404 g/mol. The van der Waals surface area contributed by atoms with Crippen LogP contribution in [0.5, 0.6) is 0 Å². The Morgan fingerprint density at radius 3 is 2.44 bits per heavy atom. The summed E-state index contributed by atoms with van der Waals surface area (Å²) in [5.74, 6) is -1.58. The molecule has 0 bridgehead atoms. The van der Waals surface area contributed by atoms with Gasteiger partial charge in [0.05, 0.1) is 28.4 Å². The van der Waals surface area contributed by atoms with Gasteiger partial charge in [-0.15, -0.1) is 0 Å². The highest BCUT2D eigenvalue weighted by atomic mass is 32.2. The van der Waals surface area contributed by atoms with Crippen LogP contribution in [0.2, 0.25) is 0 Å². The number of ether oxygens (including phenoxy) is 1. The molecule has 1 aliphatic heterocycles. The minimum absolute atomic E-state index is 0.0331. The van der Waals surface area contributed by atoms with E-state index >= 15 is 0 Å². The van der Waals surface area contributed by atoms with Gasteiger partial charge in [-0.3, -0.25) is 9.62 Å². The lowest BCUT2D eigenvalue weighted by Crippen LogP contribution is -2.25. The second-order valence-electron chi connectivity index (χ2n) is 5.53. The van der Waals surface area contributed by atoms with Gasteiger partial charge in [0.15, 0.2) is 0 Å². The molecule has 1 N–H and O–H groups in total. The van der Waals surface area contributed by atoms with Crippen LogP contribution in [0.15, 0.2) is 47.4 Å². The summed E-state index contributed by atoms with van der Waals surface area (Å²) in [6, 6.07) is 7.20. The molecule has 144 valence electrons. The predicted octanol–water partition coefficient (Wildman–Crippen LogP) is 3.60. The molecule has 1 heterocycles. The van der Waals surface area contributed by atoms with Crippen LogP contribution in [0.25, 0.3) is 0 Å². The van der Waals surface area contributed by atoms with E-state index in [-0.39, 0.29) is 30.6 Å². The second-order valence-corrected chi connectivity index (χ2v) is 7.21. The molecule has 1 fully saturated rings. The molecule has 0 aromatic heterocycles. The molecule has 1 amide bonds. The number of carbonyl (C=O) groups is 1. The molecule has 0 unspecified atom stereocenters. The molecular formula is C16H12F4N2O4S. The molecule has 6 nitrogen and oxygen atoms in total. The van der Waals surface area contributed by atoms with E-state index in [1.54, 1.807) is 6.07 Å². The van der Waals surface area contributed by atoms with E-state index in [1.165, 1.54) is 23.1 Å². The second kappa shape index (κ2) is 6.72. The number of sulfonamides is 1. The largest absolute Gasteiger partial charge is 0.447 e. The molecular weight excluding hydrogens is 392 g/mol. The highest BCUT2D eigenvalue weighted by Gasteiger charge is 2.35. The maximum atomic E-state index is 13.4. The van der Waals surface area contributed by atoms with Gasteiger partial charge in [0, 0.05) is 0 Å². The number of cyclic esters (lactones) is 1. The number of carbonyl (C=O) groups excluding carboxylic acids is 1. The molecule has 2 aromatic carbocycles. The standard InChI is InChI=1S/C16H12F4N2O4S/c17-12-6-5-10(9-11(12)16(18,19)20)27(24,25)21-13-3-1-2-4-14(13)22-7-8-26-15(22)23/h1-6,9,21H,7-8H2. The van der Waals surface area contributed by atoms with E-state index in [2.05, 4.69) is 4.72 Å². The van der Waals surface area contributed by atoms with E-state index in [0.717, 1.165) is 6.07 Å². The Morgan fingerprint density at radius 2 is 1.81 bits per heavy atom. The van der Waals surface area contributed by atoms with Crippen molar-refractivity contribution < 1.29 is 35.5 Å². The van der Waals surface area contributed by atoms with Gasteiger partial charge in [-0.1, -0.05) is 12.1 Å². The molecule has 0 aliphatic carbocycles. The monoisotopic (exact) mass is 404 g/mol. The van der Waals surface area contributed by atoms with Crippen molar-refractivity contribution in [2.24, 2.45) is 0 Å². The van der Waals surface area contributed by atoms with Crippen LogP contribution < -0.4 is 9.62 Å². The lowest BCUT2D eigenvalue weighted by Gasteiger charge is -2.18. The van der Waals surface area contributed by atoms with Gasteiger partial charge < -0.3 is 4.74 Å². The van der Waals surface area contributed by atoms with E-state index < -0.39 is 38.6 Å². The lowest BCUT2D eigenvalue weighted by molar-refractivity contribution is -0.140. The van der Waals surface area contributed by atoms with Crippen molar-refractivity contribution in [3.8, 4) is 0 Å². The topological polar surface area (TPSA) is 75.7 Å². The zero-order chi connectivity index (χ0) is 19.8. The van der Waals surface area contributed by atoms with Crippen LogP contribution in [0.1, 0.15) is 5.56 Å². The number of nitrogens with one attached hydrogen (secondary N) is 1. The first-order valence-corrected chi connectivity index (χ1v) is 9.01. The van der Waals surface area contributed by atoms with Crippen LogP contribution in [-0.4, -0.2) is 27.7 Å². The number of rotatable bonds is 4. The Labute approximate surface area is 151 Å². The Morgan fingerprint density at radius 1 is 1.11 bits per heavy atom. The summed E-state index contributed by atoms with van der Waals surface area (Å²) >= 11 is 0. The number of hydrogen-bond acceptors (Lipinski definition) is 4. The fourth-order valence-corrected chi connectivity index (χ4v) is 3.60. The quantitative estimate of drug-likeness (QED) is 0.791. The fourth-order valence-electron chi connectivity index (χ4n) is 2.50. The number of benzene rings is 2. The zero-order valence-electron chi connectivity index (χ0n) is 13.5. The third-order valence-corrected chi connectivity index (χ3v) is 5.12. The molecule has 0 saturated carbocycles. The van der Waals surface area contributed by atoms with Crippen molar-refractivity contribution in [3.05, 3.63) is 53.8 Å². The van der Waals surface area contributed by atoms with Gasteiger partial charge in [0.1, 0.15) is 12.4 Å². The first-order chi connectivity index (χ1) is 12.6. The average Bonchev–Trinajstić information content (AvgIpc) is 3.00. The van der Waals surface area contributed by atoms with Gasteiger partial charge >= 0.3 is 12.3 Å². The van der Waals surface area contributed by atoms with Crippen molar-refractivity contribution in [2.45, 2.75) is 11.1 Å². The maximum absolute atomic E-state index is 13.4. The normalized spacial score (nSPS) is 15.0. The number of halogens is 4. The van der Waals surface area contributed by atoms with Crippen molar-refractivity contribution in [2.75, 3.05) is 22.8 Å². The smallest absolute Gasteiger partial charge is 0.419 e. The molecule has 1 aliphatic rings. The van der Waals surface area contributed by atoms with Crippen LogP contribution in [0.3, 0.4) is 0 Å². The molecule has 0 radical (unpaired) electrons. The minimum atomic E-state index is -5.05. The van der Waals surface area contributed by atoms with Crippen LogP contribution in [-0.2, 0) is 20.9 Å². The third kappa shape index (κ3) is 3.82. The molecule has 11 heteroatoms. The number of anilines is 2. The maximum Gasteiger partial charge on any atom is 0.419 e. The minimum Gasteiger partial charge on any atom is -0.447 e. The lowest BCUT2D eigenvalue weighted by atomic mass is 10.2. The van der Waals surface area contributed by atoms with Gasteiger partial charge in [0.25, 0.3) is 10.0 Å². The van der Waals surface area contributed by atoms with Gasteiger partial charge in [-0.2, -0.15) is 13.2 Å². The highest BCUT2D eigenvalue weighted by molar-refractivity contribution is 7.92. The van der Waals surface area contributed by atoms with Gasteiger partial charge in [0.2, 0.25) is 0 Å². The molecule has 0 spiro atoms. The number of para-hydroxylation sites is 2. The summed E-state index contributed by atoms with van der Waals surface area (Å²) in [5, 5.41) is 0. The first kappa shape index (κ1) is 19.0. The van der Waals surface area contributed by atoms with Crippen molar-refractivity contribution >= 4 is 27.5 Å². The predicted molar refractivity (Wildman–Crippen MR) is 87.3 cm³/mol. The fraction of sp³-hybridized carbons (Fsp3) is 0.188. The van der Waals surface area contributed by atoms with Crippen LogP contribution >= 0.6 is 0 Å². The van der Waals surface area contributed by atoms with E-state index in [1.807, 2.05) is 0 Å². The summed E-state index contributed by atoms with van der Waals surface area (Å²) in [4.78, 5) is 12.1. The van der Waals surface area contributed by atoms with Gasteiger partial charge in [-0.25, -0.2) is 17.6 Å². The molecule has 3 rings (SSSR count). The Hall–Kier alpha value is -2.82. The van der Waals surface area contributed by atoms with E-state index in [4.69, 9.17) is 4.74 Å². The summed E-state index contributed by atoms with van der Waals surface area (Å²) in [5.41, 5.74) is -1.54. The Balaban J connectivity index is 1.98. The molecule has 27 heavy (non-hydrogen) atoms. The summed E-state index contributed by atoms with van der Waals surface area (Å²) < 4.78 is 83.9. The highest BCUT2D eigenvalue weighted by Crippen LogP contribution is 2.34. The summed E-state index contributed by atoms with van der Waals surface area (Å²) in [6.45, 7) is 0.305. The van der Waals surface area contributed by atoms with E-state index in [0.29, 0.717) is 6.07 Å². The molecule has 1 saturated heterocycles.